The Bertz CT molecular complexity index is 2070. The maximum atomic E-state index is 14.3. The first kappa shape index (κ1) is 41.0. The number of hydrogen-bond acceptors (Lipinski definition) is 12. The number of aliphatic hydroxyl groups is 3. The fourth-order valence-electron chi connectivity index (χ4n) is 7.13. The van der Waals surface area contributed by atoms with Crippen LogP contribution < -0.4 is 10.1 Å². The average Bonchev–Trinajstić information content (AvgIpc) is 3.44. The fourth-order valence-corrected chi connectivity index (χ4v) is 7.13. The number of carbonyl (C=O) groups is 2. The minimum Gasteiger partial charge on any atom is -0.507 e. The third-order valence-electron chi connectivity index (χ3n) is 10.9. The van der Waals surface area contributed by atoms with Crippen LogP contribution in [-0.2, 0) is 14.3 Å². The molecule has 1 amide bonds. The molecule has 3 heterocycles. The van der Waals surface area contributed by atoms with E-state index in [-0.39, 0.29) is 44.5 Å². The number of ketones is 1. The molecule has 3 aliphatic heterocycles. The molecule has 0 saturated carbocycles. The smallest absolute Gasteiger partial charge is 0.312 e. The molecule has 13 heteroatoms. The highest BCUT2D eigenvalue weighted by Gasteiger charge is 2.49. The van der Waals surface area contributed by atoms with Crippen molar-refractivity contribution in [3.8, 4) is 23.0 Å². The zero-order valence-corrected chi connectivity index (χ0v) is 32.1. The van der Waals surface area contributed by atoms with Crippen LogP contribution in [0.2, 0.25) is 0 Å². The van der Waals surface area contributed by atoms with Gasteiger partial charge >= 0.3 is 5.79 Å². The number of carbonyl (C=O) groups excluding carboxylic acids is 2. The number of benzene rings is 3. The van der Waals surface area contributed by atoms with Crippen molar-refractivity contribution < 1.29 is 54.4 Å². The van der Waals surface area contributed by atoms with Crippen molar-refractivity contribution in [3.63, 3.8) is 0 Å². The van der Waals surface area contributed by atoms with Crippen LogP contribution in [0.25, 0.3) is 10.8 Å². The van der Waals surface area contributed by atoms with Crippen molar-refractivity contribution in [2.24, 2.45) is 28.7 Å². The lowest BCUT2D eigenvalue weighted by molar-refractivity contribution is -0.112. The molecule has 3 aromatic carbocycles. The molecule has 0 aromatic heterocycles. The molecule has 3 aliphatic rings. The van der Waals surface area contributed by atoms with Crippen LogP contribution >= 0.6 is 0 Å². The second kappa shape index (κ2) is 16.3. The number of rotatable bonds is 3. The van der Waals surface area contributed by atoms with Crippen molar-refractivity contribution in [2.75, 3.05) is 12.4 Å². The summed E-state index contributed by atoms with van der Waals surface area (Å²) in [7, 11) is 1.43. The number of ether oxygens (including phenoxy) is 3. The van der Waals surface area contributed by atoms with Gasteiger partial charge in [-0.15, -0.1) is 0 Å². The zero-order valence-electron chi connectivity index (χ0n) is 32.1. The molecular weight excluding hydrogens is 708 g/mol. The van der Waals surface area contributed by atoms with E-state index in [2.05, 4.69) is 10.3 Å². The van der Waals surface area contributed by atoms with E-state index in [1.54, 1.807) is 70.2 Å². The first-order chi connectivity index (χ1) is 25.9. The predicted molar refractivity (Wildman–Crippen MR) is 208 cm³/mol. The summed E-state index contributed by atoms with van der Waals surface area (Å²) in [5, 5.41) is 71.0. The number of allylic oxidation sites excluding steroid dienone is 2. The summed E-state index contributed by atoms with van der Waals surface area (Å²) in [5.41, 5.74) is 0.0712. The number of Topliss-reactive ketones (excluding diaryl/α,β-unsaturated/α-hetero) is 1. The molecule has 9 atom stereocenters. The van der Waals surface area contributed by atoms with Gasteiger partial charge in [0.05, 0.1) is 58.6 Å². The minimum atomic E-state index is -2.02. The number of phenolic OH excluding ortho intramolecular Hbond substituents is 3. The highest BCUT2D eigenvalue weighted by atomic mass is 16.7. The summed E-state index contributed by atoms with van der Waals surface area (Å²) in [6.45, 7) is 11.2. The second-order valence-corrected chi connectivity index (χ2v) is 14.6. The molecule has 0 spiro atoms. The van der Waals surface area contributed by atoms with Crippen molar-refractivity contribution in [2.45, 2.75) is 78.7 Å². The molecule has 3 aromatic rings. The van der Waals surface area contributed by atoms with Gasteiger partial charge in [-0.3, -0.25) is 14.6 Å². The number of nitrogens with one attached hydrogen (secondary N) is 1. The van der Waals surface area contributed by atoms with Gasteiger partial charge in [0.15, 0.2) is 5.75 Å². The summed E-state index contributed by atoms with van der Waals surface area (Å²) in [6.07, 6.45) is 4.65. The lowest BCUT2D eigenvalue weighted by Gasteiger charge is -2.36. The molecule has 5 bridgehead atoms. The van der Waals surface area contributed by atoms with Crippen molar-refractivity contribution >= 4 is 40.1 Å². The number of para-hydroxylation sites is 1. The van der Waals surface area contributed by atoms with E-state index in [9.17, 15) is 40.2 Å². The lowest BCUT2D eigenvalue weighted by Crippen LogP contribution is -2.44. The standard InChI is InChI=1S/C42H50N2O11/c1-20-13-12-14-21(2)41(52)44-32-27(19-43-26-15-10-9-11-16-26)37(49)29-30(38(32)50)36(48)25(6)39-31(29)40(51)42(7,55-39)54-18-17-28(53-8)22(3)34(46)24(5)35(47)23(4)33(20)45/h9-20,22-24,28,33-35,45-50H,1-8H3,(H,44,52)/b13-12+,18-17+,21-14+,43-19?/t20-,22+,23+,24-,28-,33-,34+,35+,42-/m0/s1. The Hall–Kier alpha value is -5.21. The molecule has 0 fully saturated rings. The number of amides is 1. The topological polar surface area (TPSA) is 208 Å². The number of aliphatic imine (C=N–C) groups is 1. The third-order valence-corrected chi connectivity index (χ3v) is 10.9. The van der Waals surface area contributed by atoms with Gasteiger partial charge in [-0.25, -0.2) is 0 Å². The summed E-state index contributed by atoms with van der Waals surface area (Å²) in [4.78, 5) is 32.3. The van der Waals surface area contributed by atoms with Gasteiger partial charge in [0.1, 0.15) is 17.2 Å². The van der Waals surface area contributed by atoms with E-state index in [1.165, 1.54) is 52.5 Å². The number of anilines is 1. The zero-order chi connectivity index (χ0) is 40.5. The summed E-state index contributed by atoms with van der Waals surface area (Å²) < 4.78 is 17.6. The van der Waals surface area contributed by atoms with Crippen LogP contribution in [0.4, 0.5) is 11.4 Å². The van der Waals surface area contributed by atoms with Crippen molar-refractivity contribution in [1.82, 2.24) is 0 Å². The van der Waals surface area contributed by atoms with Gasteiger partial charge in [0, 0.05) is 60.4 Å². The van der Waals surface area contributed by atoms with Crippen molar-refractivity contribution in [1.29, 1.82) is 0 Å². The quantitative estimate of drug-likeness (QED) is 0.0946. The average molecular weight is 759 g/mol. The fraction of sp³-hybridized carbons (Fsp3) is 0.405. The van der Waals surface area contributed by atoms with E-state index < -0.39 is 82.8 Å². The first-order valence-corrected chi connectivity index (χ1v) is 18.1. The van der Waals surface area contributed by atoms with Gasteiger partial charge < -0.3 is 50.2 Å². The Morgan fingerprint density at radius 2 is 1.49 bits per heavy atom. The van der Waals surface area contributed by atoms with E-state index in [0.29, 0.717) is 5.69 Å². The number of hydrogen-bond donors (Lipinski definition) is 7. The number of nitrogens with zero attached hydrogens (tertiary/aromatic N) is 1. The Balaban J connectivity index is 1.72. The Labute approximate surface area is 319 Å². The molecule has 6 rings (SSSR count). The third kappa shape index (κ3) is 7.70. The molecular formula is C42H50N2O11. The normalized spacial score (nSPS) is 31.5. The van der Waals surface area contributed by atoms with Crippen LogP contribution in [0.1, 0.15) is 63.0 Å². The maximum absolute atomic E-state index is 14.3. The molecule has 0 unspecified atom stereocenters. The Morgan fingerprint density at radius 1 is 0.855 bits per heavy atom. The number of aliphatic hydroxyl groups excluding tert-OH is 3. The van der Waals surface area contributed by atoms with Gasteiger partial charge in [0.25, 0.3) is 11.7 Å². The highest BCUT2D eigenvalue weighted by molar-refractivity contribution is 6.24. The van der Waals surface area contributed by atoms with Gasteiger partial charge in [-0.05, 0) is 32.1 Å². The SMILES string of the molecule is CO[C@H]1/C=C/O[C@@]2(C)Oc3c(C)c(O)c4c(O)c(c(C=Nc5ccccc5)c(O)c4c3C2=O)NC(=O)/C(C)=C/C=C/[C@H](C)[C@H](O)[C@@H](C)[C@@H](O)[C@@H](C)[C@H](O)[C@@H]1C. The molecule has 55 heavy (non-hydrogen) atoms. The van der Waals surface area contributed by atoms with Gasteiger partial charge in [0.2, 0.25) is 0 Å². The van der Waals surface area contributed by atoms with Crippen LogP contribution in [0.15, 0.2) is 71.5 Å². The molecule has 0 saturated heterocycles. The van der Waals surface area contributed by atoms with Gasteiger partial charge in [-0.1, -0.05) is 64.1 Å². The van der Waals surface area contributed by atoms with E-state index in [1.807, 2.05) is 0 Å². The number of aromatic hydroxyl groups is 3. The lowest BCUT2D eigenvalue weighted by atomic mass is 9.78. The maximum Gasteiger partial charge on any atom is 0.312 e. The van der Waals surface area contributed by atoms with E-state index in [4.69, 9.17) is 14.2 Å². The number of fused-ring (bicyclic) bond motifs is 14. The monoisotopic (exact) mass is 758 g/mol. The molecule has 0 radical (unpaired) electrons. The molecule has 0 aliphatic carbocycles. The second-order valence-electron chi connectivity index (χ2n) is 14.6. The van der Waals surface area contributed by atoms with Crippen LogP contribution in [0, 0.1) is 30.6 Å². The van der Waals surface area contributed by atoms with E-state index in [0.717, 1.165) is 0 Å². The predicted octanol–water partition coefficient (Wildman–Crippen LogP) is 5.93. The summed E-state index contributed by atoms with van der Waals surface area (Å²) in [5.74, 6) is -7.73. The summed E-state index contributed by atoms with van der Waals surface area (Å²) in [6, 6.07) is 8.69. The Morgan fingerprint density at radius 3 is 2.15 bits per heavy atom. The molecule has 13 nitrogen and oxygen atoms in total. The number of methoxy groups -OCH3 is 1. The van der Waals surface area contributed by atoms with Crippen LogP contribution in [-0.4, -0.2) is 85.9 Å². The van der Waals surface area contributed by atoms with Gasteiger partial charge in [-0.2, -0.15) is 0 Å². The van der Waals surface area contributed by atoms with Crippen molar-refractivity contribution in [3.05, 3.63) is 83.2 Å². The van der Waals surface area contributed by atoms with E-state index >= 15 is 0 Å². The summed E-state index contributed by atoms with van der Waals surface area (Å²) >= 11 is 0. The van der Waals surface area contributed by atoms with Crippen LogP contribution in [0.3, 0.4) is 0 Å². The first-order valence-electron chi connectivity index (χ1n) is 18.1. The molecule has 7 N–H and O–H groups in total. The highest BCUT2D eigenvalue weighted by Crippen LogP contribution is 2.55. The van der Waals surface area contributed by atoms with Crippen LogP contribution in [0.5, 0.6) is 23.0 Å². The minimum absolute atomic E-state index is 0.0566. The Kier molecular flexibility index (Phi) is 12.1. The molecule has 294 valence electrons. The number of phenols is 3. The largest absolute Gasteiger partial charge is 0.507 e.